The topological polar surface area (TPSA) is 95.0 Å². The van der Waals surface area contributed by atoms with E-state index in [0.29, 0.717) is 16.8 Å². The van der Waals surface area contributed by atoms with Gasteiger partial charge in [-0.3, -0.25) is 24.1 Å². The third kappa shape index (κ3) is 3.91. The highest BCUT2D eigenvalue weighted by molar-refractivity contribution is 9.10. The second-order valence-corrected chi connectivity index (χ2v) is 13.6. The Morgan fingerprint density at radius 3 is 2.34 bits per heavy atom. The molecule has 2 aliphatic heterocycles. The average Bonchev–Trinajstić information content (AvgIpc) is 3.36. The van der Waals surface area contributed by atoms with Gasteiger partial charge < -0.3 is 5.11 Å². The molecule has 1 N–H and O–H groups in total. The van der Waals surface area contributed by atoms with Crippen LogP contribution < -0.4 is 9.80 Å². The SMILES string of the molecule is Cc1cccc([C@H]2C3=CC[C@@H]4C(=O)N(c5ccc(Br)cc5)C(=O)[C@@H]4[C@@H]3C[C@H]3C(=O)N(c4ccc(F)c(Cl)c4)C(=O)[C@@]23C)c1O. The molecule has 6 atom stereocenters. The van der Waals surface area contributed by atoms with Crippen LogP contribution in [0.2, 0.25) is 5.02 Å². The first kappa shape index (κ1) is 28.9. The van der Waals surface area contributed by atoms with Crippen LogP contribution in [0, 0.1) is 41.8 Å². The number of carbonyl (C=O) groups is 4. The van der Waals surface area contributed by atoms with Gasteiger partial charge in [-0.15, -0.1) is 0 Å². The summed E-state index contributed by atoms with van der Waals surface area (Å²) < 4.78 is 14.9. The fraction of sp³-hybridized carbons (Fsp3) is 0.294. The Morgan fingerprint density at radius 1 is 0.932 bits per heavy atom. The number of carbonyl (C=O) groups excluding carboxylic acids is 4. The first-order valence-electron chi connectivity index (χ1n) is 14.4. The Kier molecular flexibility index (Phi) is 6.64. The number of fused-ring (bicyclic) bond motifs is 4. The monoisotopic (exact) mass is 676 g/mol. The molecule has 3 fully saturated rings. The number of benzene rings is 3. The van der Waals surface area contributed by atoms with Crippen LogP contribution in [0.4, 0.5) is 15.8 Å². The van der Waals surface area contributed by atoms with Crippen LogP contribution in [-0.2, 0) is 19.2 Å². The first-order chi connectivity index (χ1) is 20.9. The van der Waals surface area contributed by atoms with E-state index in [-0.39, 0.29) is 41.1 Å². The minimum Gasteiger partial charge on any atom is -0.507 e. The molecule has 0 bridgehead atoms. The van der Waals surface area contributed by atoms with Crippen molar-refractivity contribution in [1.29, 1.82) is 0 Å². The Hall–Kier alpha value is -3.82. The normalized spacial score (nSPS) is 29.5. The predicted molar refractivity (Wildman–Crippen MR) is 166 cm³/mol. The maximum Gasteiger partial charge on any atom is 0.241 e. The molecule has 4 amide bonds. The van der Waals surface area contributed by atoms with Gasteiger partial charge >= 0.3 is 0 Å². The molecule has 44 heavy (non-hydrogen) atoms. The number of imide groups is 2. The molecular weight excluding hydrogens is 651 g/mol. The Balaban J connectivity index is 1.38. The van der Waals surface area contributed by atoms with Crippen molar-refractivity contribution in [1.82, 2.24) is 0 Å². The third-order valence-corrected chi connectivity index (χ3v) is 10.9. The highest BCUT2D eigenvalue weighted by atomic mass is 79.9. The number of aryl methyl sites for hydroxylation is 1. The molecule has 7 nitrogen and oxygen atoms in total. The van der Waals surface area contributed by atoms with E-state index in [1.54, 1.807) is 56.3 Å². The van der Waals surface area contributed by atoms with Gasteiger partial charge in [-0.2, -0.15) is 0 Å². The summed E-state index contributed by atoms with van der Waals surface area (Å²) in [6, 6.07) is 16.0. The lowest BCUT2D eigenvalue weighted by Gasteiger charge is -2.49. The van der Waals surface area contributed by atoms with Crippen molar-refractivity contribution in [3.63, 3.8) is 0 Å². The molecule has 4 aliphatic rings. The van der Waals surface area contributed by atoms with Gasteiger partial charge in [-0.25, -0.2) is 9.29 Å². The maximum absolute atomic E-state index is 14.5. The number of allylic oxidation sites excluding steroid dienone is 2. The number of phenols is 1. The minimum atomic E-state index is -1.34. The molecule has 3 aromatic carbocycles. The smallest absolute Gasteiger partial charge is 0.241 e. The van der Waals surface area contributed by atoms with E-state index < -0.39 is 52.6 Å². The molecule has 10 heteroatoms. The number of halogens is 3. The van der Waals surface area contributed by atoms with E-state index in [2.05, 4.69) is 15.9 Å². The molecule has 7 rings (SSSR count). The van der Waals surface area contributed by atoms with E-state index in [4.69, 9.17) is 11.6 Å². The number of rotatable bonds is 3. The van der Waals surface area contributed by atoms with Crippen molar-refractivity contribution < 1.29 is 28.7 Å². The van der Waals surface area contributed by atoms with E-state index in [9.17, 15) is 28.7 Å². The molecule has 0 aromatic heterocycles. The fourth-order valence-corrected chi connectivity index (χ4v) is 8.43. The highest BCUT2D eigenvalue weighted by Crippen LogP contribution is 2.64. The van der Waals surface area contributed by atoms with Gasteiger partial charge in [0.25, 0.3) is 0 Å². The number of hydrogen-bond donors (Lipinski definition) is 1. The molecule has 3 aromatic rings. The molecular formula is C34H27BrClFN2O5. The second-order valence-electron chi connectivity index (χ2n) is 12.3. The van der Waals surface area contributed by atoms with Crippen molar-refractivity contribution in [2.75, 3.05) is 9.80 Å². The molecule has 2 saturated heterocycles. The number of phenolic OH excluding ortho intramolecular Hbond substituents is 1. The van der Waals surface area contributed by atoms with Crippen LogP contribution in [-0.4, -0.2) is 28.7 Å². The first-order valence-corrected chi connectivity index (χ1v) is 15.6. The van der Waals surface area contributed by atoms with Gasteiger partial charge in [-0.1, -0.05) is 57.4 Å². The van der Waals surface area contributed by atoms with Gasteiger partial charge in [0.15, 0.2) is 0 Å². The van der Waals surface area contributed by atoms with Gasteiger partial charge in [0.05, 0.1) is 39.6 Å². The Morgan fingerprint density at radius 2 is 1.64 bits per heavy atom. The Bertz CT molecular complexity index is 1830. The van der Waals surface area contributed by atoms with Gasteiger partial charge in [0, 0.05) is 16.0 Å². The average molecular weight is 678 g/mol. The number of amides is 4. The molecule has 0 spiro atoms. The third-order valence-electron chi connectivity index (χ3n) is 10.1. The number of nitrogens with zero attached hydrogens (tertiary/aromatic N) is 2. The molecule has 0 unspecified atom stereocenters. The predicted octanol–water partition coefficient (Wildman–Crippen LogP) is 6.69. The van der Waals surface area contributed by atoms with Crippen molar-refractivity contribution in [3.8, 4) is 5.75 Å². The number of para-hydroxylation sites is 1. The lowest BCUT2D eigenvalue weighted by molar-refractivity contribution is -0.131. The molecule has 224 valence electrons. The van der Waals surface area contributed by atoms with Crippen LogP contribution >= 0.6 is 27.5 Å². The van der Waals surface area contributed by atoms with Crippen LogP contribution in [0.25, 0.3) is 0 Å². The molecule has 1 saturated carbocycles. The quantitative estimate of drug-likeness (QED) is 0.246. The van der Waals surface area contributed by atoms with Gasteiger partial charge in [0.1, 0.15) is 11.6 Å². The van der Waals surface area contributed by atoms with Gasteiger partial charge in [0.2, 0.25) is 23.6 Å². The van der Waals surface area contributed by atoms with Crippen molar-refractivity contribution >= 4 is 62.5 Å². The summed E-state index contributed by atoms with van der Waals surface area (Å²) >= 11 is 9.45. The Labute approximate surface area is 266 Å². The zero-order valence-corrected chi connectivity index (χ0v) is 26.1. The number of hydrogen-bond acceptors (Lipinski definition) is 5. The summed E-state index contributed by atoms with van der Waals surface area (Å²) in [5.41, 5.74) is 1.14. The summed E-state index contributed by atoms with van der Waals surface area (Å²) in [5.74, 6) is -5.79. The molecule has 2 heterocycles. The standard InChI is InChI=1S/C34H27BrClFN2O5/c1-16-4-3-5-22(29(16)40)28-20-11-12-21-27(32(43)38(30(21)41)18-8-6-17(35)7-9-18)23(20)15-24-31(42)39(33(44)34(24,28)2)19-10-13-26(37)25(36)14-19/h3-11,13-14,21,23-24,27-28,40H,12,15H2,1-2H3/t21-,23+,24-,27-,28+,34+/m0/s1. The molecule has 0 radical (unpaired) electrons. The van der Waals surface area contributed by atoms with Gasteiger partial charge in [-0.05, 0) is 80.6 Å². The summed E-state index contributed by atoms with van der Waals surface area (Å²) in [4.78, 5) is 58.8. The lowest BCUT2D eigenvalue weighted by Crippen LogP contribution is -2.49. The maximum atomic E-state index is 14.5. The summed E-state index contributed by atoms with van der Waals surface area (Å²) in [7, 11) is 0. The van der Waals surface area contributed by atoms with Crippen LogP contribution in [0.1, 0.15) is 36.8 Å². The van der Waals surface area contributed by atoms with Crippen LogP contribution in [0.5, 0.6) is 5.75 Å². The largest absolute Gasteiger partial charge is 0.507 e. The fourth-order valence-electron chi connectivity index (χ4n) is 7.99. The summed E-state index contributed by atoms with van der Waals surface area (Å²) in [5, 5.41) is 11.1. The summed E-state index contributed by atoms with van der Waals surface area (Å²) in [6.07, 6.45) is 2.39. The summed E-state index contributed by atoms with van der Waals surface area (Å²) in [6.45, 7) is 3.49. The zero-order chi connectivity index (χ0) is 31.2. The van der Waals surface area contributed by atoms with Crippen molar-refractivity contribution in [2.45, 2.75) is 32.6 Å². The molecule has 2 aliphatic carbocycles. The zero-order valence-electron chi connectivity index (χ0n) is 23.8. The highest BCUT2D eigenvalue weighted by Gasteiger charge is 2.68. The van der Waals surface area contributed by atoms with E-state index in [1.807, 2.05) is 6.08 Å². The van der Waals surface area contributed by atoms with Crippen molar-refractivity contribution in [3.05, 3.63) is 98.8 Å². The number of aromatic hydroxyl groups is 1. The van der Waals surface area contributed by atoms with E-state index >= 15 is 0 Å². The lowest BCUT2D eigenvalue weighted by atomic mass is 9.51. The van der Waals surface area contributed by atoms with E-state index in [0.717, 1.165) is 21.0 Å². The van der Waals surface area contributed by atoms with Crippen LogP contribution in [0.3, 0.4) is 0 Å². The second kappa shape index (κ2) is 10.1. The number of anilines is 2. The van der Waals surface area contributed by atoms with Crippen molar-refractivity contribution in [2.24, 2.45) is 29.1 Å². The van der Waals surface area contributed by atoms with E-state index in [1.165, 1.54) is 17.0 Å². The van der Waals surface area contributed by atoms with Crippen LogP contribution in [0.15, 0.2) is 76.8 Å². The minimum absolute atomic E-state index is 0.00925.